The molecule has 2 rings (SSSR count). The Hall–Kier alpha value is -1.75. The second-order valence-electron chi connectivity index (χ2n) is 5.17. The van der Waals surface area contributed by atoms with Gasteiger partial charge in [0.1, 0.15) is 0 Å². The fourth-order valence-corrected chi connectivity index (χ4v) is 2.71. The Labute approximate surface area is 126 Å². The van der Waals surface area contributed by atoms with E-state index in [2.05, 4.69) is 17.1 Å². The molecule has 1 aliphatic heterocycles. The first kappa shape index (κ1) is 15.6. The van der Waals surface area contributed by atoms with Crippen LogP contribution in [0, 0.1) is 0 Å². The van der Waals surface area contributed by atoms with Crippen molar-refractivity contribution >= 4 is 5.91 Å². The number of carbonyl (C=O) groups excluding carboxylic acids is 1. The molecular weight excluding hydrogens is 268 g/mol. The number of likely N-dealkylation sites (tertiary alicyclic amines) is 1. The molecule has 116 valence electrons. The van der Waals surface area contributed by atoms with Gasteiger partial charge in [-0.3, -0.25) is 9.69 Å². The molecule has 0 bridgehead atoms. The fourth-order valence-electron chi connectivity index (χ4n) is 2.71. The van der Waals surface area contributed by atoms with E-state index < -0.39 is 0 Å². The number of rotatable bonds is 7. The average molecular weight is 292 g/mol. The molecule has 1 unspecified atom stereocenters. The molecular formula is C16H24N2O3. The summed E-state index contributed by atoms with van der Waals surface area (Å²) in [6.45, 7) is 5.04. The Morgan fingerprint density at radius 3 is 2.86 bits per heavy atom. The Bertz CT molecular complexity index is 465. The van der Waals surface area contributed by atoms with E-state index in [9.17, 15) is 4.79 Å². The van der Waals surface area contributed by atoms with E-state index in [0.717, 1.165) is 19.5 Å². The Kier molecular flexibility index (Phi) is 5.87. The highest BCUT2D eigenvalue weighted by molar-refractivity contribution is 5.77. The third-order valence-electron chi connectivity index (χ3n) is 3.87. The van der Waals surface area contributed by atoms with Gasteiger partial charge in [-0.25, -0.2) is 0 Å². The van der Waals surface area contributed by atoms with Crippen LogP contribution < -0.4 is 14.8 Å². The number of nitrogens with one attached hydrogen (secondary N) is 1. The number of benzene rings is 1. The van der Waals surface area contributed by atoms with Gasteiger partial charge in [0, 0.05) is 12.6 Å². The minimum atomic E-state index is -0.0936. The van der Waals surface area contributed by atoms with Gasteiger partial charge in [0.2, 0.25) is 0 Å². The van der Waals surface area contributed by atoms with Crippen molar-refractivity contribution in [3.05, 3.63) is 24.3 Å². The van der Waals surface area contributed by atoms with E-state index in [1.165, 1.54) is 6.42 Å². The summed E-state index contributed by atoms with van der Waals surface area (Å²) in [5, 5.41) is 2.95. The number of ether oxygens (including phenoxy) is 2. The standard InChI is InChI=1S/C16H24N2O3/c1-3-18-10-6-7-13(18)11-17-16(19)12-21-15-9-5-4-8-14(15)20-2/h4-5,8-9,13H,3,6-7,10-12H2,1-2H3,(H,17,19). The maximum absolute atomic E-state index is 11.9. The third-order valence-corrected chi connectivity index (χ3v) is 3.87. The first-order valence-electron chi connectivity index (χ1n) is 7.51. The third kappa shape index (κ3) is 4.36. The second kappa shape index (κ2) is 7.88. The molecule has 1 aromatic carbocycles. The van der Waals surface area contributed by atoms with Crippen LogP contribution in [-0.2, 0) is 4.79 Å². The minimum Gasteiger partial charge on any atom is -0.493 e. The summed E-state index contributed by atoms with van der Waals surface area (Å²) in [5.41, 5.74) is 0. The maximum atomic E-state index is 11.9. The number of para-hydroxylation sites is 2. The van der Waals surface area contributed by atoms with Crippen LogP contribution in [0.5, 0.6) is 11.5 Å². The lowest BCUT2D eigenvalue weighted by Gasteiger charge is -2.22. The van der Waals surface area contributed by atoms with Crippen LogP contribution in [0.3, 0.4) is 0 Å². The van der Waals surface area contributed by atoms with Gasteiger partial charge in [0.25, 0.3) is 5.91 Å². The van der Waals surface area contributed by atoms with Gasteiger partial charge in [-0.1, -0.05) is 19.1 Å². The monoisotopic (exact) mass is 292 g/mol. The van der Waals surface area contributed by atoms with Crippen molar-refractivity contribution in [2.45, 2.75) is 25.8 Å². The zero-order chi connectivity index (χ0) is 15.1. The smallest absolute Gasteiger partial charge is 0.257 e. The fraction of sp³-hybridized carbons (Fsp3) is 0.562. The Morgan fingerprint density at radius 1 is 1.38 bits per heavy atom. The van der Waals surface area contributed by atoms with Crippen molar-refractivity contribution in [3.63, 3.8) is 0 Å². The highest BCUT2D eigenvalue weighted by Gasteiger charge is 2.23. The molecule has 1 aliphatic rings. The number of methoxy groups -OCH3 is 1. The van der Waals surface area contributed by atoms with Crippen LogP contribution in [-0.4, -0.2) is 50.2 Å². The predicted molar refractivity (Wildman–Crippen MR) is 81.8 cm³/mol. The van der Waals surface area contributed by atoms with Crippen molar-refractivity contribution in [2.24, 2.45) is 0 Å². The van der Waals surface area contributed by atoms with Gasteiger partial charge >= 0.3 is 0 Å². The van der Waals surface area contributed by atoms with Gasteiger partial charge < -0.3 is 14.8 Å². The van der Waals surface area contributed by atoms with Gasteiger partial charge in [0.05, 0.1) is 7.11 Å². The second-order valence-corrected chi connectivity index (χ2v) is 5.17. The maximum Gasteiger partial charge on any atom is 0.257 e. The van der Waals surface area contributed by atoms with Crippen LogP contribution in [0.25, 0.3) is 0 Å². The SMILES string of the molecule is CCN1CCCC1CNC(=O)COc1ccccc1OC. The van der Waals surface area contributed by atoms with Gasteiger partial charge in [-0.15, -0.1) is 0 Å². The lowest BCUT2D eigenvalue weighted by molar-refractivity contribution is -0.123. The van der Waals surface area contributed by atoms with Crippen molar-refractivity contribution in [1.29, 1.82) is 0 Å². The Balaban J connectivity index is 1.75. The molecule has 1 saturated heterocycles. The van der Waals surface area contributed by atoms with Crippen LogP contribution in [0.15, 0.2) is 24.3 Å². The number of likely N-dealkylation sites (N-methyl/N-ethyl adjacent to an activating group) is 1. The molecule has 0 spiro atoms. The van der Waals surface area contributed by atoms with Gasteiger partial charge in [-0.2, -0.15) is 0 Å². The number of nitrogens with zero attached hydrogens (tertiary/aromatic N) is 1. The van der Waals surface area contributed by atoms with Crippen molar-refractivity contribution in [1.82, 2.24) is 10.2 Å². The zero-order valence-electron chi connectivity index (χ0n) is 12.8. The molecule has 1 N–H and O–H groups in total. The summed E-state index contributed by atoms with van der Waals surface area (Å²) in [6, 6.07) is 7.79. The van der Waals surface area contributed by atoms with Gasteiger partial charge in [0.15, 0.2) is 18.1 Å². The summed E-state index contributed by atoms with van der Waals surface area (Å²) < 4.78 is 10.7. The van der Waals surface area contributed by atoms with E-state index in [1.807, 2.05) is 18.2 Å². The van der Waals surface area contributed by atoms with Crippen LogP contribution in [0.1, 0.15) is 19.8 Å². The highest BCUT2D eigenvalue weighted by Crippen LogP contribution is 2.25. The molecule has 1 aromatic rings. The summed E-state index contributed by atoms with van der Waals surface area (Å²) in [6.07, 6.45) is 2.37. The largest absolute Gasteiger partial charge is 0.493 e. The van der Waals surface area contributed by atoms with Crippen LogP contribution in [0.4, 0.5) is 0 Å². The van der Waals surface area contributed by atoms with E-state index in [1.54, 1.807) is 13.2 Å². The van der Waals surface area contributed by atoms with Crippen LogP contribution >= 0.6 is 0 Å². The molecule has 1 atom stereocenters. The molecule has 5 nitrogen and oxygen atoms in total. The van der Waals surface area contributed by atoms with Crippen molar-refractivity contribution < 1.29 is 14.3 Å². The summed E-state index contributed by atoms with van der Waals surface area (Å²) >= 11 is 0. The molecule has 21 heavy (non-hydrogen) atoms. The van der Waals surface area contributed by atoms with E-state index in [4.69, 9.17) is 9.47 Å². The number of carbonyl (C=O) groups is 1. The number of amides is 1. The normalized spacial score (nSPS) is 18.5. The minimum absolute atomic E-state index is 0.0131. The lowest BCUT2D eigenvalue weighted by atomic mass is 10.2. The highest BCUT2D eigenvalue weighted by atomic mass is 16.5. The average Bonchev–Trinajstić information content (AvgIpc) is 2.98. The van der Waals surface area contributed by atoms with Crippen molar-refractivity contribution in [3.8, 4) is 11.5 Å². The molecule has 1 fully saturated rings. The van der Waals surface area contributed by atoms with Gasteiger partial charge in [-0.05, 0) is 38.1 Å². The van der Waals surface area contributed by atoms with E-state index >= 15 is 0 Å². The van der Waals surface area contributed by atoms with E-state index in [0.29, 0.717) is 24.1 Å². The molecule has 0 aromatic heterocycles. The summed E-state index contributed by atoms with van der Waals surface area (Å²) in [4.78, 5) is 14.3. The molecule has 0 radical (unpaired) electrons. The van der Waals surface area contributed by atoms with Crippen LogP contribution in [0.2, 0.25) is 0 Å². The molecule has 1 heterocycles. The van der Waals surface area contributed by atoms with E-state index in [-0.39, 0.29) is 12.5 Å². The molecule has 1 amide bonds. The number of hydrogen-bond donors (Lipinski definition) is 1. The predicted octanol–water partition coefficient (Wildman–Crippen LogP) is 1.67. The Morgan fingerprint density at radius 2 is 2.14 bits per heavy atom. The number of hydrogen-bond acceptors (Lipinski definition) is 4. The summed E-state index contributed by atoms with van der Waals surface area (Å²) in [7, 11) is 1.59. The first-order chi connectivity index (χ1) is 10.2. The molecule has 5 heteroatoms. The first-order valence-corrected chi connectivity index (χ1v) is 7.51. The molecule has 0 aliphatic carbocycles. The van der Waals surface area contributed by atoms with Crippen molar-refractivity contribution in [2.75, 3.05) is 33.4 Å². The lowest BCUT2D eigenvalue weighted by Crippen LogP contribution is -2.41. The summed E-state index contributed by atoms with van der Waals surface area (Å²) in [5.74, 6) is 1.13. The topological polar surface area (TPSA) is 50.8 Å². The molecule has 0 saturated carbocycles. The zero-order valence-corrected chi connectivity index (χ0v) is 12.8. The quantitative estimate of drug-likeness (QED) is 0.830.